The number of sulfonamides is 1. The molecule has 198 valence electrons. The normalized spacial score (nSPS) is 11.4. The van der Waals surface area contributed by atoms with Crippen molar-refractivity contribution in [2.24, 2.45) is 0 Å². The topological polar surface area (TPSA) is 76.2 Å². The molecular formula is C27H31ClN2O5S2. The number of aryl methyl sites for hydroxylation is 1. The van der Waals surface area contributed by atoms with E-state index in [1.165, 1.54) is 30.3 Å². The van der Waals surface area contributed by atoms with Crippen LogP contribution in [0.15, 0.2) is 72.1 Å². The molecule has 2 aromatic carbocycles. The van der Waals surface area contributed by atoms with Crippen molar-refractivity contribution in [1.82, 2.24) is 9.21 Å². The molecule has 3 rings (SSSR count). The molecule has 10 heteroatoms. The maximum absolute atomic E-state index is 13.5. The quantitative estimate of drug-likeness (QED) is 0.268. The predicted molar refractivity (Wildman–Crippen MR) is 148 cm³/mol. The van der Waals surface area contributed by atoms with Crippen LogP contribution in [0.25, 0.3) is 0 Å². The molecule has 0 fully saturated rings. The zero-order chi connectivity index (χ0) is 27.0. The van der Waals surface area contributed by atoms with Gasteiger partial charge in [-0.3, -0.25) is 4.79 Å². The van der Waals surface area contributed by atoms with E-state index >= 15 is 0 Å². The lowest BCUT2D eigenvalue weighted by atomic mass is 10.1. The average Bonchev–Trinajstić information content (AvgIpc) is 3.30. The van der Waals surface area contributed by atoms with E-state index in [9.17, 15) is 13.2 Å². The minimum atomic E-state index is -3.93. The highest BCUT2D eigenvalue weighted by Gasteiger charge is 2.28. The second-order valence-corrected chi connectivity index (χ2v) is 12.1. The Bertz CT molecular complexity index is 1320. The van der Waals surface area contributed by atoms with Gasteiger partial charge in [0.05, 0.1) is 32.2 Å². The molecule has 0 aliphatic rings. The lowest BCUT2D eigenvalue weighted by Crippen LogP contribution is -2.43. The van der Waals surface area contributed by atoms with Crippen molar-refractivity contribution in [2.45, 2.75) is 24.8 Å². The number of hydrogen-bond donors (Lipinski definition) is 0. The lowest BCUT2D eigenvalue weighted by Gasteiger charge is -2.27. The molecule has 0 aliphatic heterocycles. The van der Waals surface area contributed by atoms with Gasteiger partial charge in [0.25, 0.3) is 0 Å². The Balaban J connectivity index is 1.83. The van der Waals surface area contributed by atoms with Crippen LogP contribution in [-0.4, -0.2) is 57.4 Å². The minimum Gasteiger partial charge on any atom is -0.493 e. The lowest BCUT2D eigenvalue weighted by molar-refractivity contribution is -0.131. The molecule has 0 N–H and O–H groups in total. The highest BCUT2D eigenvalue weighted by atomic mass is 35.5. The first-order valence-electron chi connectivity index (χ1n) is 11.6. The van der Waals surface area contributed by atoms with Gasteiger partial charge in [-0.2, -0.15) is 4.31 Å². The van der Waals surface area contributed by atoms with E-state index in [2.05, 4.69) is 6.58 Å². The number of thiophene rings is 1. The first-order chi connectivity index (χ1) is 17.7. The highest BCUT2D eigenvalue weighted by Crippen LogP contribution is 2.28. The first-order valence-corrected chi connectivity index (χ1v) is 14.2. The Morgan fingerprint density at radius 2 is 1.76 bits per heavy atom. The Kier molecular flexibility index (Phi) is 10.2. The summed E-state index contributed by atoms with van der Waals surface area (Å²) in [4.78, 5) is 17.5. The van der Waals surface area contributed by atoms with Crippen LogP contribution >= 0.6 is 22.9 Å². The van der Waals surface area contributed by atoms with Gasteiger partial charge in [0, 0.05) is 27.9 Å². The number of hydrogen-bond acceptors (Lipinski definition) is 6. The van der Waals surface area contributed by atoms with Gasteiger partial charge >= 0.3 is 0 Å². The van der Waals surface area contributed by atoms with Crippen LogP contribution in [0, 0.1) is 6.92 Å². The van der Waals surface area contributed by atoms with Crippen LogP contribution in [0.1, 0.15) is 15.3 Å². The summed E-state index contributed by atoms with van der Waals surface area (Å²) < 4.78 is 38.5. The Hall–Kier alpha value is -2.85. The zero-order valence-electron chi connectivity index (χ0n) is 21.1. The van der Waals surface area contributed by atoms with E-state index in [4.69, 9.17) is 21.1 Å². The van der Waals surface area contributed by atoms with Crippen LogP contribution in [0.5, 0.6) is 11.5 Å². The summed E-state index contributed by atoms with van der Waals surface area (Å²) in [6.45, 7) is 6.15. The minimum absolute atomic E-state index is 0.00166. The monoisotopic (exact) mass is 562 g/mol. The van der Waals surface area contributed by atoms with Gasteiger partial charge in [-0.1, -0.05) is 23.7 Å². The van der Waals surface area contributed by atoms with E-state index < -0.39 is 10.0 Å². The molecule has 0 saturated heterocycles. The van der Waals surface area contributed by atoms with Gasteiger partial charge in [-0.15, -0.1) is 17.9 Å². The van der Waals surface area contributed by atoms with E-state index in [0.29, 0.717) is 36.0 Å². The SMILES string of the molecule is C=CCN(CC(=O)N(CCc1ccc(OC)c(OC)c1)Cc1ccc(C)s1)S(=O)(=O)c1ccc(Cl)cc1. The maximum atomic E-state index is 13.5. The molecule has 1 heterocycles. The number of carbonyl (C=O) groups excluding carboxylic acids is 1. The van der Waals surface area contributed by atoms with E-state index in [1.54, 1.807) is 30.5 Å². The van der Waals surface area contributed by atoms with E-state index in [0.717, 1.165) is 19.6 Å². The number of carbonyl (C=O) groups is 1. The molecule has 1 amide bonds. The number of benzene rings is 2. The van der Waals surface area contributed by atoms with Crippen molar-refractivity contribution in [3.8, 4) is 11.5 Å². The van der Waals surface area contributed by atoms with Crippen molar-refractivity contribution in [3.63, 3.8) is 0 Å². The van der Waals surface area contributed by atoms with Gasteiger partial charge < -0.3 is 14.4 Å². The number of nitrogens with zero attached hydrogens (tertiary/aromatic N) is 2. The van der Waals surface area contributed by atoms with Gasteiger partial charge in [-0.25, -0.2) is 8.42 Å². The standard InChI is InChI=1S/C27H31ClN2O5S2/c1-5-15-30(37(32,33)24-11-8-22(28)9-12-24)19-27(31)29(18-23-10-6-20(2)36-23)16-14-21-7-13-25(34-3)26(17-21)35-4/h5-13,17H,1,14-16,18-19H2,2-4H3. The second kappa shape index (κ2) is 13.1. The average molecular weight is 563 g/mol. The third kappa shape index (κ3) is 7.58. The van der Waals surface area contributed by atoms with Crippen LogP contribution in [0.2, 0.25) is 5.02 Å². The van der Waals surface area contributed by atoms with Crippen molar-refractivity contribution < 1.29 is 22.7 Å². The molecule has 0 bridgehead atoms. The molecule has 1 aromatic heterocycles. The Morgan fingerprint density at radius 3 is 2.35 bits per heavy atom. The summed E-state index contributed by atoms with van der Waals surface area (Å²) in [7, 11) is -0.780. The number of halogens is 1. The fraction of sp³-hybridized carbons (Fsp3) is 0.296. The Morgan fingerprint density at radius 1 is 1.05 bits per heavy atom. The predicted octanol–water partition coefficient (Wildman–Crippen LogP) is 5.18. The molecule has 0 radical (unpaired) electrons. The van der Waals surface area contributed by atoms with Crippen molar-refractivity contribution in [3.05, 3.63) is 87.6 Å². The molecule has 0 spiro atoms. The number of rotatable bonds is 13. The van der Waals surface area contributed by atoms with Gasteiger partial charge in [0.2, 0.25) is 15.9 Å². The van der Waals surface area contributed by atoms with Crippen LogP contribution in [0.4, 0.5) is 0 Å². The summed E-state index contributed by atoms with van der Waals surface area (Å²) in [5, 5.41) is 0.429. The summed E-state index contributed by atoms with van der Waals surface area (Å²) >= 11 is 7.54. The van der Waals surface area contributed by atoms with Gasteiger partial charge in [0.1, 0.15) is 0 Å². The molecule has 0 unspecified atom stereocenters. The third-order valence-electron chi connectivity index (χ3n) is 5.71. The van der Waals surface area contributed by atoms with Crippen LogP contribution < -0.4 is 9.47 Å². The van der Waals surface area contributed by atoms with Crippen LogP contribution in [-0.2, 0) is 27.8 Å². The maximum Gasteiger partial charge on any atom is 0.243 e. The number of methoxy groups -OCH3 is 2. The largest absolute Gasteiger partial charge is 0.493 e. The first kappa shape index (κ1) is 28.7. The highest BCUT2D eigenvalue weighted by molar-refractivity contribution is 7.89. The summed E-state index contributed by atoms with van der Waals surface area (Å²) in [6, 6.07) is 15.5. The summed E-state index contributed by atoms with van der Waals surface area (Å²) in [6.07, 6.45) is 2.03. The molecule has 0 aliphatic carbocycles. The Labute approximate surface area is 227 Å². The summed E-state index contributed by atoms with van der Waals surface area (Å²) in [5.74, 6) is 0.935. The fourth-order valence-corrected chi connectivity index (χ4v) is 6.14. The van der Waals surface area contributed by atoms with Crippen molar-refractivity contribution in [1.29, 1.82) is 0 Å². The number of ether oxygens (including phenoxy) is 2. The van der Waals surface area contributed by atoms with E-state index in [-0.39, 0.29) is 23.9 Å². The second-order valence-electron chi connectivity index (χ2n) is 8.31. The molecule has 7 nitrogen and oxygen atoms in total. The van der Waals surface area contributed by atoms with E-state index in [1.807, 2.05) is 37.3 Å². The molecule has 3 aromatic rings. The van der Waals surface area contributed by atoms with Crippen molar-refractivity contribution >= 4 is 38.9 Å². The smallest absolute Gasteiger partial charge is 0.243 e. The molecular weight excluding hydrogens is 532 g/mol. The van der Waals surface area contributed by atoms with Gasteiger partial charge in [-0.05, 0) is 67.4 Å². The van der Waals surface area contributed by atoms with Crippen LogP contribution in [0.3, 0.4) is 0 Å². The fourth-order valence-electron chi connectivity index (χ4n) is 3.75. The van der Waals surface area contributed by atoms with Gasteiger partial charge in [0.15, 0.2) is 11.5 Å². The molecule has 0 saturated carbocycles. The summed E-state index contributed by atoms with van der Waals surface area (Å²) in [5.41, 5.74) is 0.967. The number of amides is 1. The third-order valence-corrected chi connectivity index (χ3v) is 8.77. The zero-order valence-corrected chi connectivity index (χ0v) is 23.5. The molecule has 0 atom stereocenters. The molecule has 37 heavy (non-hydrogen) atoms. The van der Waals surface area contributed by atoms with Crippen molar-refractivity contribution in [2.75, 3.05) is 33.9 Å².